The fraction of sp³-hybridized carbons (Fsp3) is 0.364. The van der Waals surface area contributed by atoms with E-state index in [1.807, 2.05) is 6.92 Å². The number of anilines is 1. The summed E-state index contributed by atoms with van der Waals surface area (Å²) < 4.78 is 49.2. The minimum atomic E-state index is -3.78. The number of hydrogen-bond acceptors (Lipinski definition) is 8. The van der Waals surface area contributed by atoms with Gasteiger partial charge >= 0.3 is 11.9 Å². The molecule has 2 aromatic rings. The number of nitrogens with one attached hydrogen (secondary N) is 1. The van der Waals surface area contributed by atoms with Crippen LogP contribution in [0.4, 0.5) is 5.69 Å². The summed E-state index contributed by atoms with van der Waals surface area (Å²) in [5.41, 5.74) is 1.70. The molecule has 0 radical (unpaired) electrons. The number of esters is 2. The Labute approximate surface area is 200 Å². The fourth-order valence-corrected chi connectivity index (χ4v) is 4.90. The first-order chi connectivity index (χ1) is 15.5. The Morgan fingerprint density at radius 3 is 1.88 bits per heavy atom. The zero-order valence-electron chi connectivity index (χ0n) is 18.4. The molecule has 1 aliphatic rings. The lowest BCUT2D eigenvalue weighted by molar-refractivity contribution is -0.192. The molecule has 9 nitrogen and oxygen atoms in total. The Kier molecular flexibility index (Phi) is 7.47. The zero-order chi connectivity index (χ0) is 24.4. The molecule has 0 saturated carbocycles. The average molecular weight is 542 g/mol. The van der Waals surface area contributed by atoms with Crippen LogP contribution in [0.2, 0.25) is 0 Å². The Morgan fingerprint density at radius 2 is 1.45 bits per heavy atom. The van der Waals surface area contributed by atoms with Crippen LogP contribution in [0.3, 0.4) is 0 Å². The SMILES string of the molecule is COC(=O)[C@@H]1OC(c2ccc(NS(=O)(=O)c3ccc(C)cc3)cc2)([C@H](C)Br)O[C@H]1C(=O)OC. The van der Waals surface area contributed by atoms with Crippen molar-refractivity contribution in [3.05, 3.63) is 59.7 Å². The topological polar surface area (TPSA) is 117 Å². The van der Waals surface area contributed by atoms with Crippen molar-refractivity contribution in [1.29, 1.82) is 0 Å². The Hall–Kier alpha value is -2.47. The summed E-state index contributed by atoms with van der Waals surface area (Å²) in [6, 6.07) is 12.7. The molecule has 1 fully saturated rings. The molecule has 178 valence electrons. The van der Waals surface area contributed by atoms with Crippen molar-refractivity contribution in [2.24, 2.45) is 0 Å². The van der Waals surface area contributed by atoms with E-state index in [2.05, 4.69) is 20.7 Å². The predicted octanol–water partition coefficient (Wildman–Crippen LogP) is 2.86. The molecule has 33 heavy (non-hydrogen) atoms. The van der Waals surface area contributed by atoms with Gasteiger partial charge in [0.15, 0.2) is 12.2 Å². The van der Waals surface area contributed by atoms with E-state index in [1.165, 1.54) is 38.5 Å². The van der Waals surface area contributed by atoms with Gasteiger partial charge in [0.25, 0.3) is 10.0 Å². The average Bonchev–Trinajstić information content (AvgIpc) is 3.21. The smallest absolute Gasteiger partial charge is 0.338 e. The van der Waals surface area contributed by atoms with E-state index >= 15 is 0 Å². The molecule has 1 heterocycles. The van der Waals surface area contributed by atoms with E-state index in [4.69, 9.17) is 18.9 Å². The van der Waals surface area contributed by atoms with E-state index in [9.17, 15) is 18.0 Å². The van der Waals surface area contributed by atoms with Crippen molar-refractivity contribution in [2.75, 3.05) is 18.9 Å². The lowest BCUT2D eigenvalue weighted by atomic mass is 10.0. The van der Waals surface area contributed by atoms with Crippen molar-refractivity contribution < 1.29 is 37.0 Å². The Morgan fingerprint density at radius 1 is 0.970 bits per heavy atom. The highest BCUT2D eigenvalue weighted by Gasteiger charge is 2.57. The quantitative estimate of drug-likeness (QED) is 0.420. The maximum absolute atomic E-state index is 12.7. The van der Waals surface area contributed by atoms with Crippen LogP contribution in [-0.4, -0.2) is 51.6 Å². The van der Waals surface area contributed by atoms with Gasteiger partial charge in [0.05, 0.1) is 23.9 Å². The first-order valence-electron chi connectivity index (χ1n) is 9.89. The third-order valence-electron chi connectivity index (χ3n) is 5.14. The number of aryl methyl sites for hydroxylation is 1. The van der Waals surface area contributed by atoms with E-state index in [1.54, 1.807) is 31.2 Å². The summed E-state index contributed by atoms with van der Waals surface area (Å²) in [6.07, 6.45) is -2.69. The lowest BCUT2D eigenvalue weighted by Gasteiger charge is -2.31. The summed E-state index contributed by atoms with van der Waals surface area (Å²) in [7, 11) is -1.44. The number of ether oxygens (including phenoxy) is 4. The van der Waals surface area contributed by atoms with Crippen LogP contribution in [0.15, 0.2) is 53.4 Å². The summed E-state index contributed by atoms with van der Waals surface area (Å²) in [4.78, 5) is 24.1. The van der Waals surface area contributed by atoms with Gasteiger partial charge in [-0.05, 0) is 38.1 Å². The van der Waals surface area contributed by atoms with Crippen molar-refractivity contribution in [1.82, 2.24) is 0 Å². The first kappa shape index (κ1) is 25.2. The van der Waals surface area contributed by atoms with Crippen molar-refractivity contribution >= 4 is 43.6 Å². The molecule has 0 spiro atoms. The normalized spacial score (nSPS) is 20.6. The van der Waals surface area contributed by atoms with Gasteiger partial charge in [0.2, 0.25) is 5.79 Å². The highest BCUT2D eigenvalue weighted by atomic mass is 79.9. The van der Waals surface area contributed by atoms with Gasteiger partial charge in [-0.1, -0.05) is 45.8 Å². The number of alkyl halides is 1. The molecule has 1 aliphatic heterocycles. The molecule has 0 aliphatic carbocycles. The van der Waals surface area contributed by atoms with Gasteiger partial charge in [-0.15, -0.1) is 0 Å². The summed E-state index contributed by atoms with van der Waals surface area (Å²) in [5.74, 6) is -3.11. The molecule has 3 atom stereocenters. The van der Waals surface area contributed by atoms with Gasteiger partial charge in [-0.3, -0.25) is 4.72 Å². The van der Waals surface area contributed by atoms with Crippen LogP contribution >= 0.6 is 15.9 Å². The second-order valence-electron chi connectivity index (χ2n) is 7.40. The van der Waals surface area contributed by atoms with Gasteiger partial charge in [-0.2, -0.15) is 0 Å². The monoisotopic (exact) mass is 541 g/mol. The number of rotatable bonds is 7. The number of hydrogen-bond donors (Lipinski definition) is 1. The van der Waals surface area contributed by atoms with Gasteiger partial charge < -0.3 is 18.9 Å². The number of methoxy groups -OCH3 is 2. The van der Waals surface area contributed by atoms with Gasteiger partial charge in [-0.25, -0.2) is 18.0 Å². The fourth-order valence-electron chi connectivity index (χ4n) is 3.36. The summed E-state index contributed by atoms with van der Waals surface area (Å²) in [5, 5.41) is 0. The van der Waals surface area contributed by atoms with Crippen LogP contribution < -0.4 is 4.72 Å². The molecule has 0 amide bonds. The molecule has 0 aromatic heterocycles. The third kappa shape index (κ3) is 5.06. The molecule has 1 N–H and O–H groups in total. The van der Waals surface area contributed by atoms with Crippen LogP contribution in [-0.2, 0) is 44.3 Å². The number of sulfonamides is 1. The first-order valence-corrected chi connectivity index (χ1v) is 12.3. The van der Waals surface area contributed by atoms with Crippen LogP contribution in [0.25, 0.3) is 0 Å². The van der Waals surface area contributed by atoms with Crippen LogP contribution in [0.5, 0.6) is 0 Å². The third-order valence-corrected chi connectivity index (χ3v) is 7.14. The molecular formula is C22H24BrNO8S. The zero-order valence-corrected chi connectivity index (χ0v) is 20.8. The van der Waals surface area contributed by atoms with E-state index in [0.717, 1.165) is 5.56 Å². The van der Waals surface area contributed by atoms with E-state index in [-0.39, 0.29) is 4.90 Å². The van der Waals surface area contributed by atoms with Crippen LogP contribution in [0.1, 0.15) is 18.1 Å². The van der Waals surface area contributed by atoms with Crippen molar-refractivity contribution in [3.8, 4) is 0 Å². The number of carbonyl (C=O) groups excluding carboxylic acids is 2. The van der Waals surface area contributed by atoms with Gasteiger partial charge in [0.1, 0.15) is 0 Å². The summed E-state index contributed by atoms with van der Waals surface area (Å²) >= 11 is 3.43. The number of halogens is 1. The molecule has 11 heteroatoms. The van der Waals surface area contributed by atoms with E-state index < -0.39 is 44.8 Å². The standard InChI is InChI=1S/C22H24BrNO8S/c1-13-5-11-17(12-6-13)33(27,28)24-16-9-7-15(8-10-16)22(14(2)23)31-18(20(25)29-3)19(32-22)21(26)30-4/h5-12,14,18-19,24H,1-4H3/t14-,18+,19+/m0/s1. The highest BCUT2D eigenvalue weighted by molar-refractivity contribution is 9.09. The van der Waals surface area contributed by atoms with Crippen LogP contribution in [0, 0.1) is 6.92 Å². The Bertz CT molecular complexity index is 1090. The molecule has 1 saturated heterocycles. The van der Waals surface area contributed by atoms with E-state index in [0.29, 0.717) is 11.3 Å². The minimum absolute atomic E-state index is 0.132. The van der Waals surface area contributed by atoms with Crippen molar-refractivity contribution in [3.63, 3.8) is 0 Å². The molecule has 0 unspecified atom stereocenters. The molecular weight excluding hydrogens is 518 g/mol. The maximum Gasteiger partial charge on any atom is 0.338 e. The second kappa shape index (κ2) is 9.80. The number of benzene rings is 2. The molecule has 2 aromatic carbocycles. The summed E-state index contributed by atoms with van der Waals surface area (Å²) in [6.45, 7) is 3.59. The van der Waals surface area contributed by atoms with Crippen molar-refractivity contribution in [2.45, 2.75) is 41.6 Å². The largest absolute Gasteiger partial charge is 0.467 e. The highest BCUT2D eigenvalue weighted by Crippen LogP contribution is 2.44. The Balaban J connectivity index is 1.90. The van der Waals surface area contributed by atoms with Gasteiger partial charge in [0, 0.05) is 11.3 Å². The minimum Gasteiger partial charge on any atom is -0.467 e. The lowest BCUT2D eigenvalue weighted by Crippen LogP contribution is -2.38. The molecule has 0 bridgehead atoms. The second-order valence-corrected chi connectivity index (χ2v) is 10.5. The molecule has 3 rings (SSSR count). The predicted molar refractivity (Wildman–Crippen MR) is 122 cm³/mol. The number of carbonyl (C=O) groups is 2. The maximum atomic E-state index is 12.7.